The van der Waals surface area contributed by atoms with Crippen LogP contribution in [0.15, 0.2) is 63.9 Å². The first kappa shape index (κ1) is 28.1. The number of hydrogen-bond acceptors (Lipinski definition) is 9. The summed E-state index contributed by atoms with van der Waals surface area (Å²) in [7, 11) is 0. The highest BCUT2D eigenvalue weighted by molar-refractivity contribution is 5.91. The third-order valence-electron chi connectivity index (χ3n) is 9.30. The number of amides is 2. The lowest BCUT2D eigenvalue weighted by Crippen LogP contribution is -2.55. The molecule has 2 aromatic heterocycles. The van der Waals surface area contributed by atoms with Gasteiger partial charge in [0.1, 0.15) is 28.8 Å². The average Bonchev–Trinajstić information content (AvgIpc) is 3.80. The van der Waals surface area contributed by atoms with E-state index >= 15 is 0 Å². The fourth-order valence-corrected chi connectivity index (χ4v) is 6.67. The Morgan fingerprint density at radius 2 is 1.95 bits per heavy atom. The van der Waals surface area contributed by atoms with Crippen LogP contribution in [0.2, 0.25) is 0 Å². The van der Waals surface area contributed by atoms with Crippen molar-refractivity contribution in [1.82, 2.24) is 20.6 Å². The molecule has 11 heteroatoms. The highest BCUT2D eigenvalue weighted by Gasteiger charge is 2.61. The van der Waals surface area contributed by atoms with Gasteiger partial charge in [0, 0.05) is 17.7 Å². The van der Waals surface area contributed by atoms with Crippen molar-refractivity contribution in [3.63, 3.8) is 0 Å². The number of hydrogen-bond donors (Lipinski definition) is 4. The first-order chi connectivity index (χ1) is 21.2. The van der Waals surface area contributed by atoms with Gasteiger partial charge in [-0.2, -0.15) is 0 Å². The van der Waals surface area contributed by atoms with E-state index in [-0.39, 0.29) is 25.2 Å². The van der Waals surface area contributed by atoms with Crippen LogP contribution in [0.4, 0.5) is 5.69 Å². The van der Waals surface area contributed by atoms with Crippen LogP contribution >= 0.6 is 0 Å². The number of rotatable bonds is 6. The Morgan fingerprint density at radius 3 is 2.68 bits per heavy atom. The maximum atomic E-state index is 14.0. The minimum atomic E-state index is -1.59. The molecule has 0 saturated heterocycles. The Morgan fingerprint density at radius 1 is 1.16 bits per heavy atom. The first-order valence-electron chi connectivity index (χ1n) is 15.1. The molecule has 4 aromatic rings. The Kier molecular flexibility index (Phi) is 6.54. The van der Waals surface area contributed by atoms with E-state index < -0.39 is 41.1 Å². The predicted molar refractivity (Wildman–Crippen MR) is 160 cm³/mol. The summed E-state index contributed by atoms with van der Waals surface area (Å²) >= 11 is 0. The Hall–Kier alpha value is -4.64. The summed E-state index contributed by atoms with van der Waals surface area (Å²) in [4.78, 5) is 36.4. The van der Waals surface area contributed by atoms with E-state index in [1.807, 2.05) is 56.3 Å². The van der Waals surface area contributed by atoms with E-state index in [2.05, 4.69) is 20.9 Å². The van der Waals surface area contributed by atoms with E-state index in [1.165, 1.54) is 6.39 Å². The third-order valence-corrected chi connectivity index (χ3v) is 9.30. The van der Waals surface area contributed by atoms with Crippen LogP contribution in [0.3, 0.4) is 0 Å². The number of para-hydroxylation sites is 1. The van der Waals surface area contributed by atoms with Gasteiger partial charge in [0.25, 0.3) is 5.91 Å². The highest BCUT2D eigenvalue weighted by atomic mass is 16.5. The molecule has 7 rings (SSSR count). The first-order valence-corrected chi connectivity index (χ1v) is 15.1. The van der Waals surface area contributed by atoms with Gasteiger partial charge in [-0.1, -0.05) is 58.0 Å². The van der Waals surface area contributed by atoms with Crippen LogP contribution in [-0.2, 0) is 21.4 Å². The highest BCUT2D eigenvalue weighted by Crippen LogP contribution is 2.59. The van der Waals surface area contributed by atoms with E-state index in [0.29, 0.717) is 28.9 Å². The number of aromatic nitrogens is 2. The van der Waals surface area contributed by atoms with Crippen LogP contribution in [0, 0.1) is 5.92 Å². The van der Waals surface area contributed by atoms with Crippen molar-refractivity contribution in [3.8, 4) is 17.2 Å². The fourth-order valence-electron chi connectivity index (χ4n) is 6.67. The molecule has 0 fully saturated rings. The lowest BCUT2D eigenvalue weighted by molar-refractivity contribution is -0.143. The molecule has 0 radical (unpaired) electrons. The summed E-state index contributed by atoms with van der Waals surface area (Å²) in [5.41, 5.74) is 1.41. The smallest absolute Gasteiger partial charge is 0.252 e. The SMILES string of the molecule is CCC(O)(CC)C(=O)N[C@H]1Cc2ccc3c(c2)C2(c4ccccc4N[C@H]2O3)c2oc(nc2-c2cnco2)[C@H](C(C)C)NC1=O. The number of aliphatic hydroxyl groups is 1. The summed E-state index contributed by atoms with van der Waals surface area (Å²) < 4.78 is 19.1. The Balaban J connectivity index is 1.47. The number of carbonyl (C=O) groups excluding carboxylic acids is 2. The van der Waals surface area contributed by atoms with Gasteiger partial charge >= 0.3 is 0 Å². The van der Waals surface area contributed by atoms with E-state index in [9.17, 15) is 14.7 Å². The van der Waals surface area contributed by atoms with Crippen LogP contribution in [0.5, 0.6) is 5.75 Å². The molecular formula is C33H35N5O6. The maximum Gasteiger partial charge on any atom is 0.252 e. The number of ether oxygens (including phenoxy) is 1. The summed E-state index contributed by atoms with van der Waals surface area (Å²) in [6, 6.07) is 12.2. The number of anilines is 1. The molecular weight excluding hydrogens is 562 g/mol. The molecule has 1 spiro atoms. The van der Waals surface area contributed by atoms with Crippen molar-refractivity contribution >= 4 is 17.5 Å². The van der Waals surface area contributed by atoms with Gasteiger partial charge in [-0.25, -0.2) is 9.97 Å². The number of oxazole rings is 2. The molecule has 1 unspecified atom stereocenters. The summed E-state index contributed by atoms with van der Waals surface area (Å²) in [6.45, 7) is 7.41. The van der Waals surface area contributed by atoms with Crippen LogP contribution in [0.25, 0.3) is 11.5 Å². The largest absolute Gasteiger partial charge is 0.469 e. The molecule has 4 N–H and O–H groups in total. The topological polar surface area (TPSA) is 152 Å². The number of benzene rings is 2. The fraction of sp³-hybridized carbons (Fsp3) is 0.394. The van der Waals surface area contributed by atoms with E-state index in [1.54, 1.807) is 20.0 Å². The summed E-state index contributed by atoms with van der Waals surface area (Å²) in [5, 5.41) is 20.4. The number of fused-ring (bicyclic) bond motifs is 4. The molecule has 4 bridgehead atoms. The zero-order valence-electron chi connectivity index (χ0n) is 25.0. The molecule has 3 aliphatic rings. The van der Waals surface area contributed by atoms with Gasteiger partial charge in [0.15, 0.2) is 29.8 Å². The van der Waals surface area contributed by atoms with Gasteiger partial charge in [0.2, 0.25) is 11.8 Å². The predicted octanol–water partition coefficient (Wildman–Crippen LogP) is 4.21. The van der Waals surface area contributed by atoms with Crippen molar-refractivity contribution in [2.75, 3.05) is 5.32 Å². The van der Waals surface area contributed by atoms with Crippen LogP contribution in [-0.4, -0.2) is 44.8 Å². The molecule has 11 nitrogen and oxygen atoms in total. The molecule has 44 heavy (non-hydrogen) atoms. The van der Waals surface area contributed by atoms with Crippen molar-refractivity contribution in [3.05, 3.63) is 83.4 Å². The maximum absolute atomic E-state index is 14.0. The zero-order valence-corrected chi connectivity index (χ0v) is 25.0. The van der Waals surface area contributed by atoms with E-state index in [0.717, 1.165) is 22.4 Å². The molecule has 2 aromatic carbocycles. The molecule has 5 heterocycles. The minimum Gasteiger partial charge on any atom is -0.469 e. The lowest BCUT2D eigenvalue weighted by Gasteiger charge is -2.30. The van der Waals surface area contributed by atoms with Crippen LogP contribution in [0.1, 0.15) is 74.9 Å². The molecule has 228 valence electrons. The van der Waals surface area contributed by atoms with Gasteiger partial charge < -0.3 is 34.6 Å². The number of nitrogens with one attached hydrogen (secondary N) is 3. The zero-order chi connectivity index (χ0) is 30.8. The van der Waals surface area contributed by atoms with Crippen molar-refractivity contribution < 1.29 is 28.3 Å². The molecule has 3 aliphatic heterocycles. The lowest BCUT2D eigenvalue weighted by atomic mass is 9.72. The van der Waals surface area contributed by atoms with Gasteiger partial charge in [-0.05, 0) is 42.0 Å². The second-order valence-corrected chi connectivity index (χ2v) is 12.1. The van der Waals surface area contributed by atoms with Crippen molar-refractivity contribution in [2.45, 2.75) is 76.3 Å². The minimum absolute atomic E-state index is 0.133. The van der Waals surface area contributed by atoms with Crippen LogP contribution < -0.4 is 20.7 Å². The molecule has 0 saturated carbocycles. The van der Waals surface area contributed by atoms with E-state index in [4.69, 9.17) is 18.6 Å². The average molecular weight is 598 g/mol. The van der Waals surface area contributed by atoms with Gasteiger partial charge in [-0.15, -0.1) is 0 Å². The molecule has 0 aliphatic carbocycles. The Bertz CT molecular complexity index is 1740. The molecule has 2 amide bonds. The normalized spacial score (nSPS) is 23.5. The van der Waals surface area contributed by atoms with Crippen molar-refractivity contribution in [1.29, 1.82) is 0 Å². The molecule has 4 atom stereocenters. The second-order valence-electron chi connectivity index (χ2n) is 12.1. The number of carbonyl (C=O) groups is 2. The Labute approximate surface area is 254 Å². The second kappa shape index (κ2) is 10.2. The van der Waals surface area contributed by atoms with Gasteiger partial charge in [0.05, 0.1) is 6.20 Å². The quantitative estimate of drug-likeness (QED) is 0.256. The summed E-state index contributed by atoms with van der Waals surface area (Å²) in [6.07, 6.45) is 3.01. The standard InChI is InChI=1S/C33H35N5O6/c1-5-32(41,6-2)30(40)35-22-14-18-11-12-23-20(13-18)33(19-9-7-8-10-21(19)36-31(33)43-23)27-26(24-15-34-16-42-24)38-29(44-27)25(17(3)4)37-28(22)39/h7-13,15-17,22,25,31,36,41H,5-6,14H2,1-4H3,(H,35,40)(H,37,39)/t22-,25-,31-,33?/m0/s1. The summed E-state index contributed by atoms with van der Waals surface area (Å²) in [5.74, 6) is 0.763. The number of nitrogens with zero attached hydrogens (tertiary/aromatic N) is 2. The van der Waals surface area contributed by atoms with Gasteiger partial charge in [-0.3, -0.25) is 9.59 Å². The third kappa shape index (κ3) is 4.06. The van der Waals surface area contributed by atoms with Crippen molar-refractivity contribution in [2.24, 2.45) is 5.92 Å². The monoisotopic (exact) mass is 597 g/mol.